The molecule has 0 bridgehead atoms. The van der Waals surface area contributed by atoms with Gasteiger partial charge in [0.15, 0.2) is 0 Å². The van der Waals surface area contributed by atoms with Crippen molar-refractivity contribution < 1.29 is 17.9 Å². The van der Waals surface area contributed by atoms with E-state index in [1.165, 1.54) is 42.5 Å². The molecule has 4 nitrogen and oxygen atoms in total. The summed E-state index contributed by atoms with van der Waals surface area (Å²) >= 11 is 0. The normalized spacial score (nSPS) is 11.3. The first-order valence-corrected chi connectivity index (χ1v) is 6.95. The molecule has 0 aliphatic carbocycles. The van der Waals surface area contributed by atoms with Gasteiger partial charge in [0.25, 0.3) is 10.0 Å². The van der Waals surface area contributed by atoms with Crippen molar-refractivity contribution in [2.45, 2.75) is 11.8 Å². The number of rotatable bonds is 3. The van der Waals surface area contributed by atoms with Crippen molar-refractivity contribution in [1.29, 1.82) is 0 Å². The van der Waals surface area contributed by atoms with Gasteiger partial charge in [-0.25, -0.2) is 12.8 Å². The Hall–Kier alpha value is -2.08. The van der Waals surface area contributed by atoms with E-state index in [2.05, 4.69) is 4.72 Å². The number of halogens is 1. The highest BCUT2D eigenvalue weighted by Gasteiger charge is 2.15. The van der Waals surface area contributed by atoms with E-state index in [9.17, 15) is 12.8 Å². The van der Waals surface area contributed by atoms with E-state index in [1.54, 1.807) is 6.92 Å². The van der Waals surface area contributed by atoms with Gasteiger partial charge in [0.05, 0.1) is 10.6 Å². The molecule has 0 aromatic heterocycles. The van der Waals surface area contributed by atoms with Crippen LogP contribution < -0.4 is 4.72 Å². The van der Waals surface area contributed by atoms with Crippen molar-refractivity contribution >= 4 is 15.7 Å². The van der Waals surface area contributed by atoms with Crippen molar-refractivity contribution in [3.05, 3.63) is 53.8 Å². The number of benzene rings is 2. The van der Waals surface area contributed by atoms with Crippen LogP contribution in [0.3, 0.4) is 0 Å². The largest absolute Gasteiger partial charge is 0.508 e. The molecular formula is C13H12FNO3S. The number of aromatic hydroxyl groups is 1. The third-order valence-corrected chi connectivity index (χ3v) is 3.96. The Kier molecular flexibility index (Phi) is 3.44. The lowest BCUT2D eigenvalue weighted by Crippen LogP contribution is -2.13. The molecule has 100 valence electrons. The molecule has 2 rings (SSSR count). The van der Waals surface area contributed by atoms with Crippen LogP contribution in [0.15, 0.2) is 47.4 Å². The lowest BCUT2D eigenvalue weighted by Gasteiger charge is -2.10. The maximum Gasteiger partial charge on any atom is 0.261 e. The fourth-order valence-electron chi connectivity index (χ4n) is 1.57. The number of hydrogen-bond acceptors (Lipinski definition) is 3. The van der Waals surface area contributed by atoms with Crippen LogP contribution >= 0.6 is 0 Å². The van der Waals surface area contributed by atoms with Crippen LogP contribution in [0.1, 0.15) is 5.56 Å². The van der Waals surface area contributed by atoms with Gasteiger partial charge in [0, 0.05) is 0 Å². The first-order chi connectivity index (χ1) is 8.88. The average molecular weight is 281 g/mol. The SMILES string of the molecule is Cc1cc(F)ccc1NS(=O)(=O)c1ccc(O)cc1. The van der Waals surface area contributed by atoms with E-state index in [0.717, 1.165) is 0 Å². The Morgan fingerprint density at radius 1 is 1.11 bits per heavy atom. The molecule has 0 fully saturated rings. The molecule has 19 heavy (non-hydrogen) atoms. The van der Waals surface area contributed by atoms with Gasteiger partial charge < -0.3 is 5.11 Å². The summed E-state index contributed by atoms with van der Waals surface area (Å²) in [5.41, 5.74) is 0.803. The summed E-state index contributed by atoms with van der Waals surface area (Å²) in [5.74, 6) is -0.443. The lowest BCUT2D eigenvalue weighted by molar-refractivity contribution is 0.475. The minimum absolute atomic E-state index is 0.0167. The quantitative estimate of drug-likeness (QED) is 0.909. The van der Waals surface area contributed by atoms with Crippen LogP contribution in [0.2, 0.25) is 0 Å². The van der Waals surface area contributed by atoms with Gasteiger partial charge in [0.2, 0.25) is 0 Å². The smallest absolute Gasteiger partial charge is 0.261 e. The average Bonchev–Trinajstić information content (AvgIpc) is 2.33. The maximum absolute atomic E-state index is 12.9. The summed E-state index contributed by atoms with van der Waals surface area (Å²) < 4.78 is 39.4. The Morgan fingerprint density at radius 2 is 1.74 bits per heavy atom. The number of nitrogens with one attached hydrogen (secondary N) is 1. The second-order valence-corrected chi connectivity index (χ2v) is 5.74. The van der Waals surface area contributed by atoms with E-state index >= 15 is 0 Å². The summed E-state index contributed by atoms with van der Waals surface area (Å²) in [6, 6.07) is 8.93. The molecule has 0 heterocycles. The molecule has 0 atom stereocenters. The summed E-state index contributed by atoms with van der Waals surface area (Å²) in [6.07, 6.45) is 0. The van der Waals surface area contributed by atoms with Crippen molar-refractivity contribution in [2.75, 3.05) is 4.72 Å². The van der Waals surface area contributed by atoms with E-state index < -0.39 is 15.8 Å². The van der Waals surface area contributed by atoms with Crippen molar-refractivity contribution in [1.82, 2.24) is 0 Å². The molecule has 0 spiro atoms. The fourth-order valence-corrected chi connectivity index (χ4v) is 2.70. The van der Waals surface area contributed by atoms with Crippen LogP contribution in [0.4, 0.5) is 10.1 Å². The van der Waals surface area contributed by atoms with Crippen molar-refractivity contribution in [3.63, 3.8) is 0 Å². The van der Waals surface area contributed by atoms with Crippen molar-refractivity contribution in [2.24, 2.45) is 0 Å². The Bertz CT molecular complexity index is 696. The number of anilines is 1. The highest BCUT2D eigenvalue weighted by atomic mass is 32.2. The highest BCUT2D eigenvalue weighted by molar-refractivity contribution is 7.92. The Balaban J connectivity index is 2.33. The molecule has 6 heteroatoms. The van der Waals surface area contributed by atoms with Crippen molar-refractivity contribution in [3.8, 4) is 5.75 Å². The number of aryl methyl sites for hydroxylation is 1. The van der Waals surface area contributed by atoms with Crippen LogP contribution in [-0.4, -0.2) is 13.5 Å². The summed E-state index contributed by atoms with van der Waals surface area (Å²) in [6.45, 7) is 1.61. The molecule has 0 saturated carbocycles. The molecule has 0 amide bonds. The highest BCUT2D eigenvalue weighted by Crippen LogP contribution is 2.21. The molecule has 2 aromatic carbocycles. The standard InChI is InChI=1S/C13H12FNO3S/c1-9-8-10(14)2-7-13(9)15-19(17,18)12-5-3-11(16)4-6-12/h2-8,15-16H,1H3. The minimum atomic E-state index is -3.75. The van der Waals surface area contributed by atoms with Crippen LogP contribution in [-0.2, 0) is 10.0 Å². The van der Waals surface area contributed by atoms with Crippen LogP contribution in [0, 0.1) is 12.7 Å². The molecular weight excluding hydrogens is 269 g/mol. The topological polar surface area (TPSA) is 66.4 Å². The number of phenols is 1. The second-order valence-electron chi connectivity index (χ2n) is 4.06. The summed E-state index contributed by atoms with van der Waals surface area (Å²) in [4.78, 5) is 0.0222. The Labute approximate surface area is 110 Å². The number of sulfonamides is 1. The molecule has 0 aliphatic rings. The molecule has 2 aromatic rings. The van der Waals surface area contributed by atoms with E-state index in [0.29, 0.717) is 11.3 Å². The maximum atomic E-state index is 12.9. The zero-order valence-corrected chi connectivity index (χ0v) is 10.9. The van der Waals surface area contributed by atoms with Crippen LogP contribution in [0.5, 0.6) is 5.75 Å². The van der Waals surface area contributed by atoms with Gasteiger partial charge in [-0.1, -0.05) is 0 Å². The van der Waals surface area contributed by atoms with E-state index in [-0.39, 0.29) is 10.6 Å². The lowest BCUT2D eigenvalue weighted by atomic mass is 10.2. The van der Waals surface area contributed by atoms with Gasteiger partial charge in [-0.2, -0.15) is 0 Å². The molecule has 0 saturated heterocycles. The monoisotopic (exact) mass is 281 g/mol. The Morgan fingerprint density at radius 3 is 2.32 bits per heavy atom. The van der Waals surface area contributed by atoms with Gasteiger partial charge in [-0.15, -0.1) is 0 Å². The van der Waals surface area contributed by atoms with Gasteiger partial charge in [0.1, 0.15) is 11.6 Å². The third kappa shape index (κ3) is 3.03. The van der Waals surface area contributed by atoms with Gasteiger partial charge in [-0.3, -0.25) is 4.72 Å². The molecule has 0 unspecified atom stereocenters. The van der Waals surface area contributed by atoms with E-state index in [1.807, 2.05) is 0 Å². The summed E-state index contributed by atoms with van der Waals surface area (Å²) in [5, 5.41) is 9.13. The zero-order chi connectivity index (χ0) is 14.0. The van der Waals surface area contributed by atoms with E-state index in [4.69, 9.17) is 5.11 Å². The van der Waals surface area contributed by atoms with Gasteiger partial charge in [-0.05, 0) is 55.0 Å². The van der Waals surface area contributed by atoms with Crippen LogP contribution in [0.25, 0.3) is 0 Å². The predicted octanol–water partition coefficient (Wildman–Crippen LogP) is 2.64. The second kappa shape index (κ2) is 4.89. The fraction of sp³-hybridized carbons (Fsp3) is 0.0769. The molecule has 0 aliphatic heterocycles. The zero-order valence-electron chi connectivity index (χ0n) is 10.1. The molecule has 2 N–H and O–H groups in total. The van der Waals surface area contributed by atoms with Gasteiger partial charge >= 0.3 is 0 Å². The number of phenolic OH excluding ortho intramolecular Hbond substituents is 1. The number of hydrogen-bond donors (Lipinski definition) is 2. The first kappa shape index (κ1) is 13.4. The molecule has 0 radical (unpaired) electrons. The third-order valence-electron chi connectivity index (χ3n) is 2.58. The minimum Gasteiger partial charge on any atom is -0.508 e. The first-order valence-electron chi connectivity index (χ1n) is 5.46. The predicted molar refractivity (Wildman–Crippen MR) is 70.1 cm³/mol. The summed E-state index contributed by atoms with van der Waals surface area (Å²) in [7, 11) is -3.75.